The molecule has 134 valence electrons. The summed E-state index contributed by atoms with van der Waals surface area (Å²) in [7, 11) is 0. The molecule has 26 heavy (non-hydrogen) atoms. The van der Waals surface area contributed by atoms with E-state index in [9.17, 15) is 18.0 Å². The number of halogens is 3. The van der Waals surface area contributed by atoms with Crippen molar-refractivity contribution < 1.29 is 22.7 Å². The number of nitrogens with one attached hydrogen (secondary N) is 1. The molecule has 0 radical (unpaired) electrons. The molecule has 1 heterocycles. The van der Waals surface area contributed by atoms with E-state index in [-0.39, 0.29) is 5.69 Å². The van der Waals surface area contributed by atoms with Crippen molar-refractivity contribution in [3.63, 3.8) is 0 Å². The molecule has 0 saturated heterocycles. The highest BCUT2D eigenvalue weighted by Gasteiger charge is 2.32. The fourth-order valence-electron chi connectivity index (χ4n) is 2.32. The number of rotatable bonds is 5. The number of nitrogens with zero attached hydrogens (tertiary/aromatic N) is 2. The molecular formula is C18H14F3N3O2. The Morgan fingerprint density at radius 1 is 1.08 bits per heavy atom. The van der Waals surface area contributed by atoms with E-state index < -0.39 is 18.0 Å². The molecule has 0 fully saturated rings. The Balaban J connectivity index is 1.70. The molecule has 1 aromatic heterocycles. The normalized spacial score (nSPS) is 11.2. The quantitative estimate of drug-likeness (QED) is 0.745. The van der Waals surface area contributed by atoms with Crippen LogP contribution in [0.15, 0.2) is 67.0 Å². The van der Waals surface area contributed by atoms with Crippen LogP contribution in [0.25, 0.3) is 0 Å². The van der Waals surface area contributed by atoms with Crippen molar-refractivity contribution in [2.24, 2.45) is 0 Å². The van der Waals surface area contributed by atoms with Gasteiger partial charge in [0, 0.05) is 18.0 Å². The summed E-state index contributed by atoms with van der Waals surface area (Å²) in [5.74, 6) is -1.00. The lowest BCUT2D eigenvalue weighted by Crippen LogP contribution is -2.19. The van der Waals surface area contributed by atoms with Crippen LogP contribution < -0.4 is 10.1 Å². The second-order valence-corrected chi connectivity index (χ2v) is 5.40. The zero-order valence-electron chi connectivity index (χ0n) is 13.4. The van der Waals surface area contributed by atoms with E-state index in [0.717, 1.165) is 11.6 Å². The Hall–Kier alpha value is -3.29. The summed E-state index contributed by atoms with van der Waals surface area (Å²) < 4.78 is 43.0. The minimum Gasteiger partial charge on any atom is -0.404 e. The lowest BCUT2D eigenvalue weighted by atomic mass is 10.1. The maximum absolute atomic E-state index is 12.4. The predicted octanol–water partition coefficient (Wildman–Crippen LogP) is 4.08. The molecule has 0 atom stereocenters. The zero-order valence-corrected chi connectivity index (χ0v) is 13.4. The van der Waals surface area contributed by atoms with Gasteiger partial charge in [-0.25, -0.2) is 0 Å². The van der Waals surface area contributed by atoms with Crippen molar-refractivity contribution in [3.8, 4) is 5.75 Å². The van der Waals surface area contributed by atoms with Crippen LogP contribution in [0.2, 0.25) is 0 Å². The third-order valence-corrected chi connectivity index (χ3v) is 3.48. The summed E-state index contributed by atoms with van der Waals surface area (Å²) in [6.07, 6.45) is -1.35. The summed E-state index contributed by atoms with van der Waals surface area (Å²) in [6, 6.07) is 13.9. The number of carbonyl (C=O) groups is 1. The van der Waals surface area contributed by atoms with Crippen molar-refractivity contribution >= 4 is 11.6 Å². The molecule has 0 spiro atoms. The number of alkyl halides is 3. The third-order valence-electron chi connectivity index (χ3n) is 3.48. The first-order chi connectivity index (χ1) is 12.4. The van der Waals surface area contributed by atoms with Gasteiger partial charge in [0.1, 0.15) is 0 Å². The highest BCUT2D eigenvalue weighted by atomic mass is 19.4. The van der Waals surface area contributed by atoms with Gasteiger partial charge in [-0.2, -0.15) is 5.10 Å². The minimum absolute atomic E-state index is 0.0598. The SMILES string of the molecule is O=C(Nc1ccccc1OC(F)(F)F)c1ccc(Cn2cccn2)cc1. The maximum atomic E-state index is 12.4. The van der Waals surface area contributed by atoms with Crippen molar-refractivity contribution in [2.75, 3.05) is 5.32 Å². The fourth-order valence-corrected chi connectivity index (χ4v) is 2.32. The maximum Gasteiger partial charge on any atom is 0.573 e. The van der Waals surface area contributed by atoms with Crippen molar-refractivity contribution in [1.29, 1.82) is 0 Å². The Labute approximate surface area is 147 Å². The standard InChI is InChI=1S/C18H14F3N3O2/c19-18(20,21)26-16-5-2-1-4-15(16)23-17(25)14-8-6-13(7-9-14)12-24-11-3-10-22-24/h1-11H,12H2,(H,23,25). The van der Waals surface area contributed by atoms with Crippen LogP contribution in [0.1, 0.15) is 15.9 Å². The molecular weight excluding hydrogens is 347 g/mol. The van der Waals surface area contributed by atoms with Gasteiger partial charge in [0.2, 0.25) is 0 Å². The van der Waals surface area contributed by atoms with Gasteiger partial charge >= 0.3 is 6.36 Å². The molecule has 1 N–H and O–H groups in total. The largest absolute Gasteiger partial charge is 0.573 e. The van der Waals surface area contributed by atoms with Gasteiger partial charge in [-0.3, -0.25) is 9.48 Å². The second kappa shape index (κ2) is 7.30. The Bertz CT molecular complexity index is 875. The second-order valence-electron chi connectivity index (χ2n) is 5.40. The summed E-state index contributed by atoms with van der Waals surface area (Å²) in [6.45, 7) is 0.553. The average molecular weight is 361 g/mol. The number of carbonyl (C=O) groups excluding carboxylic acids is 1. The van der Waals surface area contributed by atoms with Crippen molar-refractivity contribution in [2.45, 2.75) is 12.9 Å². The fraction of sp³-hybridized carbons (Fsp3) is 0.111. The molecule has 0 unspecified atom stereocenters. The molecule has 0 aliphatic carbocycles. The first-order valence-corrected chi connectivity index (χ1v) is 7.63. The lowest BCUT2D eigenvalue weighted by Gasteiger charge is -2.14. The number of anilines is 1. The molecule has 8 heteroatoms. The number of para-hydroxylation sites is 2. The highest BCUT2D eigenvalue weighted by molar-refractivity contribution is 6.05. The van der Waals surface area contributed by atoms with Gasteiger partial charge in [-0.05, 0) is 35.9 Å². The summed E-state index contributed by atoms with van der Waals surface area (Å²) in [5.41, 5.74) is 1.19. The molecule has 0 aliphatic rings. The van der Waals surface area contributed by atoms with E-state index >= 15 is 0 Å². The number of amides is 1. The van der Waals surface area contributed by atoms with Crippen LogP contribution in [0, 0.1) is 0 Å². The highest BCUT2D eigenvalue weighted by Crippen LogP contribution is 2.30. The van der Waals surface area contributed by atoms with E-state index in [1.54, 1.807) is 35.1 Å². The number of hydrogen-bond donors (Lipinski definition) is 1. The molecule has 0 bridgehead atoms. The number of ether oxygens (including phenoxy) is 1. The Morgan fingerprint density at radius 2 is 1.81 bits per heavy atom. The van der Waals surface area contributed by atoms with Gasteiger partial charge in [0.25, 0.3) is 5.91 Å². The number of hydrogen-bond acceptors (Lipinski definition) is 3. The summed E-state index contributed by atoms with van der Waals surface area (Å²) in [5, 5.41) is 6.53. The monoisotopic (exact) mass is 361 g/mol. The summed E-state index contributed by atoms with van der Waals surface area (Å²) >= 11 is 0. The van der Waals surface area contributed by atoms with E-state index in [2.05, 4.69) is 15.2 Å². The molecule has 3 rings (SSSR count). The van der Waals surface area contributed by atoms with Gasteiger partial charge in [0.05, 0.1) is 12.2 Å². The molecule has 0 aliphatic heterocycles. The van der Waals surface area contributed by atoms with Crippen LogP contribution in [-0.4, -0.2) is 22.1 Å². The zero-order chi connectivity index (χ0) is 18.6. The van der Waals surface area contributed by atoms with Gasteiger partial charge < -0.3 is 10.1 Å². The van der Waals surface area contributed by atoms with E-state index in [4.69, 9.17) is 0 Å². The Kier molecular flexibility index (Phi) is 4.92. The van der Waals surface area contributed by atoms with Crippen LogP contribution in [0.3, 0.4) is 0 Å². The van der Waals surface area contributed by atoms with Crippen LogP contribution >= 0.6 is 0 Å². The average Bonchev–Trinajstić information content (AvgIpc) is 3.09. The van der Waals surface area contributed by atoms with Crippen LogP contribution in [0.4, 0.5) is 18.9 Å². The number of benzene rings is 2. The first-order valence-electron chi connectivity index (χ1n) is 7.63. The van der Waals surface area contributed by atoms with E-state index in [1.165, 1.54) is 18.2 Å². The molecule has 3 aromatic rings. The van der Waals surface area contributed by atoms with Crippen LogP contribution in [-0.2, 0) is 6.54 Å². The van der Waals surface area contributed by atoms with Crippen molar-refractivity contribution in [1.82, 2.24) is 9.78 Å². The van der Waals surface area contributed by atoms with Crippen molar-refractivity contribution in [3.05, 3.63) is 78.1 Å². The van der Waals surface area contributed by atoms with E-state index in [1.807, 2.05) is 12.3 Å². The molecule has 0 saturated carbocycles. The molecule has 2 aromatic carbocycles. The van der Waals surface area contributed by atoms with Crippen LogP contribution in [0.5, 0.6) is 5.75 Å². The predicted molar refractivity (Wildman–Crippen MR) is 88.8 cm³/mol. The lowest BCUT2D eigenvalue weighted by molar-refractivity contribution is -0.274. The number of aromatic nitrogens is 2. The Morgan fingerprint density at radius 3 is 2.46 bits per heavy atom. The van der Waals surface area contributed by atoms with Gasteiger partial charge in [-0.1, -0.05) is 24.3 Å². The first kappa shape index (κ1) is 17.5. The van der Waals surface area contributed by atoms with Gasteiger partial charge in [0.15, 0.2) is 5.75 Å². The van der Waals surface area contributed by atoms with Gasteiger partial charge in [-0.15, -0.1) is 13.2 Å². The molecule has 1 amide bonds. The third kappa shape index (κ3) is 4.62. The topological polar surface area (TPSA) is 56.1 Å². The summed E-state index contributed by atoms with van der Waals surface area (Å²) in [4.78, 5) is 12.3. The minimum atomic E-state index is -4.84. The van der Waals surface area contributed by atoms with E-state index in [0.29, 0.717) is 12.1 Å². The smallest absolute Gasteiger partial charge is 0.404 e. The molecule has 5 nitrogen and oxygen atoms in total.